The molecule has 0 saturated carbocycles. The quantitative estimate of drug-likeness (QED) is 0.727. The molecule has 0 spiro atoms. The molecule has 1 rings (SSSR count). The van der Waals surface area contributed by atoms with Gasteiger partial charge in [-0.1, -0.05) is 12.1 Å². The fraction of sp³-hybridized carbons (Fsp3) is 0.455. The standard InChI is InChI=1S/C11H17NO3S/c1-12(9-15-2)8-10-4-6-11(7-5-10)16(3,13)14/h4-7H,8-9H2,1-3H3. The maximum absolute atomic E-state index is 11.2. The Bertz CT molecular complexity index is 425. The van der Waals surface area contributed by atoms with Crippen molar-refractivity contribution < 1.29 is 13.2 Å². The summed E-state index contributed by atoms with van der Waals surface area (Å²) in [5.74, 6) is 0. The highest BCUT2D eigenvalue weighted by Gasteiger charge is 2.06. The van der Waals surface area contributed by atoms with Crippen LogP contribution < -0.4 is 0 Å². The molecule has 1 aromatic rings. The summed E-state index contributed by atoms with van der Waals surface area (Å²) in [6.07, 6.45) is 1.21. The Morgan fingerprint density at radius 2 is 1.81 bits per heavy atom. The minimum absolute atomic E-state index is 0.352. The first-order chi connectivity index (χ1) is 7.43. The van der Waals surface area contributed by atoms with Crippen LogP contribution in [-0.2, 0) is 21.1 Å². The lowest BCUT2D eigenvalue weighted by atomic mass is 10.2. The molecule has 0 atom stereocenters. The highest BCUT2D eigenvalue weighted by Crippen LogP contribution is 2.11. The third kappa shape index (κ3) is 3.92. The summed E-state index contributed by atoms with van der Waals surface area (Å²) in [4.78, 5) is 2.35. The van der Waals surface area contributed by atoms with E-state index in [-0.39, 0.29) is 0 Å². The van der Waals surface area contributed by atoms with Crippen molar-refractivity contribution >= 4 is 9.84 Å². The van der Waals surface area contributed by atoms with Gasteiger partial charge in [0.1, 0.15) is 0 Å². The van der Waals surface area contributed by atoms with Gasteiger partial charge in [0.2, 0.25) is 0 Å². The van der Waals surface area contributed by atoms with Gasteiger partial charge in [-0.2, -0.15) is 0 Å². The van der Waals surface area contributed by atoms with E-state index in [0.717, 1.165) is 12.1 Å². The molecule has 0 aliphatic rings. The molecule has 0 aliphatic carbocycles. The first kappa shape index (κ1) is 13.2. The van der Waals surface area contributed by atoms with E-state index in [2.05, 4.69) is 0 Å². The number of methoxy groups -OCH3 is 1. The van der Waals surface area contributed by atoms with Crippen molar-refractivity contribution in [2.45, 2.75) is 11.4 Å². The normalized spacial score (nSPS) is 12.0. The number of hydrogen-bond acceptors (Lipinski definition) is 4. The molecule has 0 aromatic heterocycles. The summed E-state index contributed by atoms with van der Waals surface area (Å²) in [5, 5.41) is 0. The largest absolute Gasteiger partial charge is 0.369 e. The molecule has 0 bridgehead atoms. The fourth-order valence-corrected chi connectivity index (χ4v) is 2.05. The predicted octanol–water partition coefficient (Wildman–Crippen LogP) is 1.13. The van der Waals surface area contributed by atoms with E-state index in [4.69, 9.17) is 4.74 Å². The van der Waals surface area contributed by atoms with Gasteiger partial charge in [-0.05, 0) is 24.7 Å². The van der Waals surface area contributed by atoms with Crippen LogP contribution in [0.5, 0.6) is 0 Å². The second-order valence-corrected chi connectivity index (χ2v) is 5.86. The molecule has 4 nitrogen and oxygen atoms in total. The second kappa shape index (κ2) is 5.43. The molecule has 0 fully saturated rings. The van der Waals surface area contributed by atoms with Crippen LogP contribution >= 0.6 is 0 Å². The van der Waals surface area contributed by atoms with Gasteiger partial charge in [0.15, 0.2) is 9.84 Å². The van der Waals surface area contributed by atoms with Crippen LogP contribution in [0, 0.1) is 0 Å². The molecule has 16 heavy (non-hydrogen) atoms. The third-order valence-electron chi connectivity index (χ3n) is 2.15. The second-order valence-electron chi connectivity index (χ2n) is 3.85. The van der Waals surface area contributed by atoms with E-state index >= 15 is 0 Å². The molecule has 0 saturated heterocycles. The van der Waals surface area contributed by atoms with E-state index in [1.807, 2.05) is 24.1 Å². The smallest absolute Gasteiger partial charge is 0.175 e. The SMILES string of the molecule is COCN(C)Cc1ccc(S(C)(=O)=O)cc1. The van der Waals surface area contributed by atoms with E-state index in [9.17, 15) is 8.42 Å². The summed E-state index contributed by atoms with van der Waals surface area (Å²) >= 11 is 0. The number of nitrogens with zero attached hydrogens (tertiary/aromatic N) is 1. The Labute approximate surface area is 96.8 Å². The molecule has 90 valence electrons. The molecule has 0 N–H and O–H groups in total. The van der Waals surface area contributed by atoms with Gasteiger partial charge >= 0.3 is 0 Å². The summed E-state index contributed by atoms with van der Waals surface area (Å²) in [5.41, 5.74) is 1.06. The molecular formula is C11H17NO3S. The van der Waals surface area contributed by atoms with Gasteiger partial charge in [-0.15, -0.1) is 0 Å². The molecule has 5 heteroatoms. The summed E-state index contributed by atoms with van der Waals surface area (Å²) in [7, 11) is 0.484. The van der Waals surface area contributed by atoms with E-state index in [1.165, 1.54) is 6.26 Å². The minimum atomic E-state index is -3.10. The Balaban J connectivity index is 2.72. The van der Waals surface area contributed by atoms with Crippen LogP contribution in [0.15, 0.2) is 29.2 Å². The molecule has 0 aliphatic heterocycles. The van der Waals surface area contributed by atoms with Crippen LogP contribution in [0.3, 0.4) is 0 Å². The zero-order chi connectivity index (χ0) is 12.2. The van der Waals surface area contributed by atoms with E-state index in [1.54, 1.807) is 19.2 Å². The lowest BCUT2D eigenvalue weighted by Crippen LogP contribution is -2.20. The molecule has 0 heterocycles. The highest BCUT2D eigenvalue weighted by molar-refractivity contribution is 7.90. The molecule has 0 unspecified atom stereocenters. The third-order valence-corrected chi connectivity index (χ3v) is 3.28. The Morgan fingerprint density at radius 1 is 1.25 bits per heavy atom. The first-order valence-corrected chi connectivity index (χ1v) is 6.79. The van der Waals surface area contributed by atoms with Crippen LogP contribution in [0.4, 0.5) is 0 Å². The number of benzene rings is 1. The van der Waals surface area contributed by atoms with Crippen molar-refractivity contribution in [3.05, 3.63) is 29.8 Å². The van der Waals surface area contributed by atoms with Crippen LogP contribution in [0.25, 0.3) is 0 Å². The average molecular weight is 243 g/mol. The van der Waals surface area contributed by atoms with E-state index in [0.29, 0.717) is 11.6 Å². The van der Waals surface area contributed by atoms with Crippen LogP contribution in [-0.4, -0.2) is 40.5 Å². The lowest BCUT2D eigenvalue weighted by Gasteiger charge is -2.15. The van der Waals surface area contributed by atoms with Gasteiger partial charge in [0.25, 0.3) is 0 Å². The monoisotopic (exact) mass is 243 g/mol. The topological polar surface area (TPSA) is 46.6 Å². The van der Waals surface area contributed by atoms with Crippen molar-refractivity contribution in [3.63, 3.8) is 0 Å². The maximum Gasteiger partial charge on any atom is 0.175 e. The predicted molar refractivity (Wildman–Crippen MR) is 62.9 cm³/mol. The van der Waals surface area contributed by atoms with Crippen molar-refractivity contribution in [2.24, 2.45) is 0 Å². The lowest BCUT2D eigenvalue weighted by molar-refractivity contribution is 0.0771. The Hall–Kier alpha value is -0.910. The number of ether oxygens (including phenoxy) is 1. The van der Waals surface area contributed by atoms with Crippen LogP contribution in [0.2, 0.25) is 0 Å². The molecule has 0 amide bonds. The van der Waals surface area contributed by atoms with Crippen LogP contribution in [0.1, 0.15) is 5.56 Å². The summed E-state index contributed by atoms with van der Waals surface area (Å²) in [6, 6.07) is 6.90. The van der Waals surface area contributed by atoms with Gasteiger partial charge < -0.3 is 4.74 Å². The van der Waals surface area contributed by atoms with Gasteiger partial charge in [-0.3, -0.25) is 4.90 Å². The van der Waals surface area contributed by atoms with Gasteiger partial charge in [-0.25, -0.2) is 8.42 Å². The molecule has 0 radical (unpaired) electrons. The first-order valence-electron chi connectivity index (χ1n) is 4.90. The van der Waals surface area contributed by atoms with Crippen molar-refractivity contribution in [2.75, 3.05) is 27.1 Å². The average Bonchev–Trinajstić information content (AvgIpc) is 2.17. The Morgan fingerprint density at radius 3 is 2.25 bits per heavy atom. The maximum atomic E-state index is 11.2. The summed E-state index contributed by atoms with van der Waals surface area (Å²) < 4.78 is 27.5. The van der Waals surface area contributed by atoms with E-state index < -0.39 is 9.84 Å². The zero-order valence-corrected chi connectivity index (χ0v) is 10.6. The highest BCUT2D eigenvalue weighted by atomic mass is 32.2. The van der Waals surface area contributed by atoms with Crippen molar-refractivity contribution in [1.29, 1.82) is 0 Å². The number of sulfone groups is 1. The molecular weight excluding hydrogens is 226 g/mol. The summed E-state index contributed by atoms with van der Waals surface area (Å²) in [6.45, 7) is 1.28. The van der Waals surface area contributed by atoms with Gasteiger partial charge in [0, 0.05) is 19.9 Å². The fourth-order valence-electron chi connectivity index (χ4n) is 1.42. The zero-order valence-electron chi connectivity index (χ0n) is 9.80. The molecule has 1 aromatic carbocycles. The Kier molecular flexibility index (Phi) is 4.46. The number of hydrogen-bond donors (Lipinski definition) is 0. The number of rotatable bonds is 5. The minimum Gasteiger partial charge on any atom is -0.369 e. The van der Waals surface area contributed by atoms with Gasteiger partial charge in [0.05, 0.1) is 11.6 Å². The van der Waals surface area contributed by atoms with Crippen molar-refractivity contribution in [1.82, 2.24) is 4.90 Å². The van der Waals surface area contributed by atoms with Crippen molar-refractivity contribution in [3.8, 4) is 0 Å².